The van der Waals surface area contributed by atoms with Gasteiger partial charge in [0.2, 0.25) is 0 Å². The lowest BCUT2D eigenvalue weighted by Crippen LogP contribution is -2.43. The second kappa shape index (κ2) is 10.4. The van der Waals surface area contributed by atoms with Gasteiger partial charge < -0.3 is 25.8 Å². The first kappa shape index (κ1) is 23.4. The Morgan fingerprint density at radius 1 is 1.13 bits per heavy atom. The van der Waals surface area contributed by atoms with E-state index in [-0.39, 0.29) is 29.7 Å². The van der Waals surface area contributed by atoms with E-state index in [9.17, 15) is 14.7 Å². The molecule has 31 heavy (non-hydrogen) atoms. The Bertz CT molecular complexity index is 835. The maximum absolute atomic E-state index is 12.2. The molecule has 0 atom stereocenters. The molecule has 7 nitrogen and oxygen atoms in total. The van der Waals surface area contributed by atoms with Gasteiger partial charge in [0.25, 0.3) is 0 Å². The molecule has 0 bridgehead atoms. The first-order valence-corrected chi connectivity index (χ1v) is 11.9. The fourth-order valence-corrected chi connectivity index (χ4v) is 4.65. The monoisotopic (exact) mass is 447 g/mol. The second-order valence-electron chi connectivity index (χ2n) is 9.35. The van der Waals surface area contributed by atoms with Gasteiger partial charge in [-0.05, 0) is 78.5 Å². The van der Waals surface area contributed by atoms with Crippen LogP contribution in [-0.4, -0.2) is 48.4 Å². The topological polar surface area (TPSA) is 99.7 Å². The number of hydrogen-bond donors (Lipinski definition) is 4. The molecule has 1 aliphatic carbocycles. The molecule has 1 aliphatic heterocycles. The van der Waals surface area contributed by atoms with E-state index in [1.165, 1.54) is 11.3 Å². The molecule has 1 saturated carbocycles. The highest BCUT2D eigenvalue weighted by molar-refractivity contribution is 7.15. The van der Waals surface area contributed by atoms with Crippen LogP contribution in [0.4, 0.5) is 10.5 Å². The number of thiophene rings is 1. The van der Waals surface area contributed by atoms with Crippen LogP contribution in [-0.2, 0) is 4.74 Å². The summed E-state index contributed by atoms with van der Waals surface area (Å²) < 4.78 is 5.53. The van der Waals surface area contributed by atoms with Gasteiger partial charge in [-0.1, -0.05) is 11.8 Å². The van der Waals surface area contributed by atoms with Gasteiger partial charge in [-0.2, -0.15) is 0 Å². The Morgan fingerprint density at radius 2 is 1.77 bits per heavy atom. The molecule has 3 rings (SSSR count). The summed E-state index contributed by atoms with van der Waals surface area (Å²) in [6.45, 7) is 7.86. The number of amides is 1. The van der Waals surface area contributed by atoms with Gasteiger partial charge in [0.05, 0.1) is 10.6 Å². The number of aromatic carboxylic acids is 1. The minimum atomic E-state index is -0.938. The van der Waals surface area contributed by atoms with Crippen LogP contribution in [0.2, 0.25) is 0 Å². The SMILES string of the molecule is CC(C)(C)C#Cc1cc(NC2CCC(NC(=O)OC3CCNCC3)CC2)c(C(=O)O)s1. The van der Waals surface area contributed by atoms with Gasteiger partial charge in [0, 0.05) is 17.5 Å². The van der Waals surface area contributed by atoms with E-state index in [2.05, 4.69) is 27.8 Å². The molecule has 4 N–H and O–H groups in total. The third kappa shape index (κ3) is 7.44. The fraction of sp³-hybridized carbons (Fsp3) is 0.652. The zero-order chi connectivity index (χ0) is 22.4. The number of piperidine rings is 1. The molecule has 1 amide bonds. The maximum atomic E-state index is 12.2. The first-order valence-electron chi connectivity index (χ1n) is 11.0. The Labute approximate surface area is 188 Å². The van der Waals surface area contributed by atoms with Gasteiger partial charge in [-0.15, -0.1) is 11.3 Å². The zero-order valence-electron chi connectivity index (χ0n) is 18.5. The van der Waals surface area contributed by atoms with E-state index in [1.807, 2.05) is 26.8 Å². The highest BCUT2D eigenvalue weighted by atomic mass is 32.1. The van der Waals surface area contributed by atoms with Gasteiger partial charge in [-0.3, -0.25) is 0 Å². The molecule has 2 aliphatic rings. The molecular weight excluding hydrogens is 414 g/mol. The number of nitrogens with one attached hydrogen (secondary N) is 3. The number of carboxylic acids is 1. The predicted molar refractivity (Wildman–Crippen MR) is 123 cm³/mol. The first-order chi connectivity index (χ1) is 14.7. The third-order valence-corrected chi connectivity index (χ3v) is 6.49. The molecule has 170 valence electrons. The lowest BCUT2D eigenvalue weighted by molar-refractivity contribution is 0.0700. The van der Waals surface area contributed by atoms with E-state index in [0.29, 0.717) is 10.6 Å². The average Bonchev–Trinajstić information content (AvgIpc) is 3.11. The largest absolute Gasteiger partial charge is 0.477 e. The standard InChI is InChI=1S/C23H33N3O4S/c1-23(2,3)11-8-18-14-19(20(31-18)21(27)28)25-15-4-6-16(7-5-15)26-22(29)30-17-9-12-24-13-10-17/h14-17,24-25H,4-7,9-10,12-13H2,1-3H3,(H,26,29)(H,27,28). The zero-order valence-corrected chi connectivity index (χ0v) is 19.4. The summed E-state index contributed by atoms with van der Waals surface area (Å²) in [6, 6.07) is 2.12. The van der Waals surface area contributed by atoms with Crippen LogP contribution in [0.3, 0.4) is 0 Å². The van der Waals surface area contributed by atoms with Gasteiger partial charge in [0.15, 0.2) is 0 Å². The normalized spacial score (nSPS) is 22.2. The molecule has 1 aromatic rings. The van der Waals surface area contributed by atoms with Crippen molar-refractivity contribution in [3.05, 3.63) is 15.8 Å². The number of rotatable bonds is 5. The summed E-state index contributed by atoms with van der Waals surface area (Å²) in [4.78, 5) is 24.9. The van der Waals surface area contributed by atoms with Crippen molar-refractivity contribution in [2.45, 2.75) is 77.5 Å². The summed E-state index contributed by atoms with van der Waals surface area (Å²) in [5.74, 6) is 5.32. The number of carbonyl (C=O) groups excluding carboxylic acids is 1. The molecule has 0 aromatic carbocycles. The van der Waals surface area contributed by atoms with Crippen molar-refractivity contribution in [3.63, 3.8) is 0 Å². The van der Waals surface area contributed by atoms with Crippen LogP contribution < -0.4 is 16.0 Å². The van der Waals surface area contributed by atoms with Gasteiger partial charge in [0.1, 0.15) is 11.0 Å². The lowest BCUT2D eigenvalue weighted by Gasteiger charge is -2.31. The number of anilines is 1. The molecule has 2 heterocycles. The maximum Gasteiger partial charge on any atom is 0.407 e. The summed E-state index contributed by atoms with van der Waals surface area (Å²) in [5.41, 5.74) is 0.499. The van der Waals surface area contributed by atoms with E-state index < -0.39 is 5.97 Å². The fourth-order valence-electron chi connectivity index (χ4n) is 3.84. The third-order valence-electron chi connectivity index (χ3n) is 5.46. The molecule has 2 fully saturated rings. The van der Waals surface area contributed by atoms with Gasteiger partial charge in [-0.25, -0.2) is 9.59 Å². The van der Waals surface area contributed by atoms with Crippen molar-refractivity contribution in [3.8, 4) is 11.8 Å². The molecule has 1 saturated heterocycles. The molecule has 0 radical (unpaired) electrons. The number of carbonyl (C=O) groups is 2. The summed E-state index contributed by atoms with van der Waals surface area (Å²) >= 11 is 1.21. The quantitative estimate of drug-likeness (QED) is 0.508. The van der Waals surface area contributed by atoms with Crippen LogP contribution in [0.15, 0.2) is 6.07 Å². The molecule has 0 unspecified atom stereocenters. The minimum absolute atomic E-state index is 0.00265. The minimum Gasteiger partial charge on any atom is -0.477 e. The van der Waals surface area contributed by atoms with Crippen molar-refractivity contribution >= 4 is 29.1 Å². The van der Waals surface area contributed by atoms with Crippen molar-refractivity contribution in [1.29, 1.82) is 0 Å². The molecule has 0 spiro atoms. The number of hydrogen-bond acceptors (Lipinski definition) is 6. The van der Waals surface area contributed by atoms with Gasteiger partial charge >= 0.3 is 12.1 Å². The molecule has 1 aromatic heterocycles. The number of alkyl carbamates (subject to hydrolysis) is 1. The van der Waals surface area contributed by atoms with Crippen molar-refractivity contribution in [2.24, 2.45) is 5.41 Å². The Balaban J connectivity index is 1.50. The van der Waals surface area contributed by atoms with E-state index in [1.54, 1.807) is 0 Å². The Kier molecular flexibility index (Phi) is 7.84. The Hall–Kier alpha value is -2.24. The van der Waals surface area contributed by atoms with E-state index in [0.717, 1.165) is 56.5 Å². The summed E-state index contributed by atoms with van der Waals surface area (Å²) in [6.07, 6.45) is 4.79. The van der Waals surface area contributed by atoms with E-state index in [4.69, 9.17) is 4.74 Å². The summed E-state index contributed by atoms with van der Waals surface area (Å²) in [7, 11) is 0. The highest BCUT2D eigenvalue weighted by Crippen LogP contribution is 2.30. The summed E-state index contributed by atoms with van der Waals surface area (Å²) in [5, 5.41) is 19.2. The number of ether oxygens (including phenoxy) is 1. The number of carboxylic acid groups (broad SMARTS) is 1. The van der Waals surface area contributed by atoms with Crippen molar-refractivity contribution in [2.75, 3.05) is 18.4 Å². The predicted octanol–water partition coefficient (Wildman–Crippen LogP) is 4.05. The molecule has 8 heteroatoms. The van der Waals surface area contributed by atoms with Crippen LogP contribution in [0, 0.1) is 17.3 Å². The smallest absolute Gasteiger partial charge is 0.407 e. The second-order valence-corrected chi connectivity index (χ2v) is 10.4. The van der Waals surface area contributed by atoms with Crippen molar-refractivity contribution < 1.29 is 19.4 Å². The Morgan fingerprint density at radius 3 is 2.39 bits per heavy atom. The lowest BCUT2D eigenvalue weighted by atomic mass is 9.91. The molecular formula is C23H33N3O4S. The van der Waals surface area contributed by atoms with E-state index >= 15 is 0 Å². The van der Waals surface area contributed by atoms with Crippen LogP contribution in [0.25, 0.3) is 0 Å². The highest BCUT2D eigenvalue weighted by Gasteiger charge is 2.26. The van der Waals surface area contributed by atoms with Crippen molar-refractivity contribution in [1.82, 2.24) is 10.6 Å². The average molecular weight is 448 g/mol. The van der Waals surface area contributed by atoms with Crippen LogP contribution in [0.1, 0.15) is 73.8 Å². The van der Waals surface area contributed by atoms with Crippen LogP contribution in [0.5, 0.6) is 0 Å². The van der Waals surface area contributed by atoms with Crippen LogP contribution >= 0.6 is 11.3 Å².